The molecule has 7 nitrogen and oxygen atoms in total. The van der Waals surface area contributed by atoms with E-state index in [1.165, 1.54) is 10.5 Å². The second-order valence-corrected chi connectivity index (χ2v) is 8.73. The van der Waals surface area contributed by atoms with Gasteiger partial charge in [-0.05, 0) is 60.7 Å². The Hall–Kier alpha value is -2.77. The maximum Gasteiger partial charge on any atom is 0.329 e. The molecule has 2 atom stereocenters. The van der Waals surface area contributed by atoms with Crippen molar-refractivity contribution in [3.05, 3.63) is 52.5 Å². The Morgan fingerprint density at radius 1 is 1.10 bits per heavy atom. The summed E-state index contributed by atoms with van der Waals surface area (Å²) >= 11 is 6.10. The molecule has 5 rings (SSSR count). The second kappa shape index (κ2) is 7.43. The zero-order valence-electron chi connectivity index (χ0n) is 17.5. The average molecular weight is 442 g/mol. The van der Waals surface area contributed by atoms with Crippen LogP contribution in [0.3, 0.4) is 0 Å². The molecule has 0 aromatic heterocycles. The normalized spacial score (nSPS) is 25.3. The minimum absolute atomic E-state index is 0.0147. The number of amides is 3. The summed E-state index contributed by atoms with van der Waals surface area (Å²) in [6.45, 7) is 1.64. The van der Waals surface area contributed by atoms with E-state index in [-0.39, 0.29) is 11.9 Å². The van der Waals surface area contributed by atoms with E-state index in [9.17, 15) is 9.59 Å². The van der Waals surface area contributed by atoms with E-state index in [1.807, 2.05) is 12.1 Å². The van der Waals surface area contributed by atoms with Crippen LogP contribution in [0.15, 0.2) is 36.4 Å². The predicted octanol–water partition coefficient (Wildman–Crippen LogP) is 3.55. The standard InChI is InChI=1S/C23H24ClN3O4/c1-30-19-10-14-6-8-26-9-7-23(13-18(26)17(14)12-20(19)31-2)21(28)27(22(29)25-23)16-5-3-4-15(24)11-16/h3-5,10-12,18H,6-9,13H2,1-2H3,(H,25,29)/t18-,23+/m1/s1. The lowest BCUT2D eigenvalue weighted by Crippen LogP contribution is -2.57. The number of hydrogen-bond acceptors (Lipinski definition) is 5. The fourth-order valence-electron chi connectivity index (χ4n) is 5.13. The molecule has 31 heavy (non-hydrogen) atoms. The van der Waals surface area contributed by atoms with Crippen LogP contribution in [0.1, 0.15) is 30.0 Å². The number of hydrogen-bond donors (Lipinski definition) is 1. The molecule has 0 aliphatic carbocycles. The van der Waals surface area contributed by atoms with Crippen molar-refractivity contribution in [2.75, 3.05) is 32.2 Å². The highest BCUT2D eigenvalue weighted by atomic mass is 35.5. The highest BCUT2D eigenvalue weighted by Crippen LogP contribution is 2.46. The molecule has 3 amide bonds. The summed E-state index contributed by atoms with van der Waals surface area (Å²) in [5, 5.41) is 3.50. The van der Waals surface area contributed by atoms with Gasteiger partial charge < -0.3 is 14.8 Å². The third-order valence-electron chi connectivity index (χ3n) is 6.71. The Morgan fingerprint density at radius 3 is 2.61 bits per heavy atom. The monoisotopic (exact) mass is 441 g/mol. The zero-order chi connectivity index (χ0) is 21.8. The van der Waals surface area contributed by atoms with Gasteiger partial charge in [-0.25, -0.2) is 9.69 Å². The number of methoxy groups -OCH3 is 2. The van der Waals surface area contributed by atoms with Crippen LogP contribution in [-0.4, -0.2) is 49.7 Å². The topological polar surface area (TPSA) is 71.1 Å². The average Bonchev–Trinajstić information content (AvgIpc) is 3.01. The summed E-state index contributed by atoms with van der Waals surface area (Å²) in [6, 6.07) is 10.5. The molecule has 1 spiro atoms. The van der Waals surface area contributed by atoms with Gasteiger partial charge in [0.2, 0.25) is 0 Å². The van der Waals surface area contributed by atoms with E-state index >= 15 is 0 Å². The molecule has 0 radical (unpaired) electrons. The van der Waals surface area contributed by atoms with Gasteiger partial charge in [0, 0.05) is 24.2 Å². The number of halogens is 1. The van der Waals surface area contributed by atoms with E-state index in [0.717, 1.165) is 25.1 Å². The summed E-state index contributed by atoms with van der Waals surface area (Å²) in [5.74, 6) is 1.16. The molecule has 3 aliphatic rings. The van der Waals surface area contributed by atoms with Crippen molar-refractivity contribution in [3.63, 3.8) is 0 Å². The maximum absolute atomic E-state index is 13.6. The molecule has 3 heterocycles. The third kappa shape index (κ3) is 3.15. The predicted molar refractivity (Wildman–Crippen MR) is 117 cm³/mol. The van der Waals surface area contributed by atoms with Crippen molar-refractivity contribution in [2.24, 2.45) is 0 Å². The van der Waals surface area contributed by atoms with Crippen LogP contribution >= 0.6 is 11.6 Å². The number of anilines is 1. The zero-order valence-corrected chi connectivity index (χ0v) is 18.2. The molecule has 162 valence electrons. The minimum atomic E-state index is -0.928. The number of carbonyl (C=O) groups excluding carboxylic acids is 2. The van der Waals surface area contributed by atoms with Gasteiger partial charge in [0.15, 0.2) is 11.5 Å². The lowest BCUT2D eigenvalue weighted by molar-refractivity contribution is -0.124. The van der Waals surface area contributed by atoms with Crippen LogP contribution in [0.2, 0.25) is 5.02 Å². The molecule has 2 saturated heterocycles. The van der Waals surface area contributed by atoms with E-state index in [4.69, 9.17) is 21.1 Å². The number of piperidine rings is 1. The van der Waals surface area contributed by atoms with Crippen molar-refractivity contribution >= 4 is 29.2 Å². The second-order valence-electron chi connectivity index (χ2n) is 8.29. The third-order valence-corrected chi connectivity index (χ3v) is 6.94. The molecule has 1 N–H and O–H groups in total. The Labute approximate surface area is 185 Å². The number of nitrogens with zero attached hydrogens (tertiary/aromatic N) is 2. The Bertz CT molecular complexity index is 1070. The van der Waals surface area contributed by atoms with Gasteiger partial charge in [0.25, 0.3) is 5.91 Å². The van der Waals surface area contributed by atoms with E-state index in [2.05, 4.69) is 10.2 Å². The first-order chi connectivity index (χ1) is 15.0. The quantitative estimate of drug-likeness (QED) is 0.737. The van der Waals surface area contributed by atoms with Crippen LogP contribution in [0.25, 0.3) is 0 Å². The van der Waals surface area contributed by atoms with Crippen LogP contribution in [0.5, 0.6) is 11.5 Å². The van der Waals surface area contributed by atoms with Crippen LogP contribution in [0.4, 0.5) is 10.5 Å². The smallest absolute Gasteiger partial charge is 0.329 e. The summed E-state index contributed by atoms with van der Waals surface area (Å²) in [6.07, 6.45) is 2.00. The fourth-order valence-corrected chi connectivity index (χ4v) is 5.32. The molecule has 3 aliphatic heterocycles. The van der Waals surface area contributed by atoms with Crippen LogP contribution in [0, 0.1) is 0 Å². The summed E-state index contributed by atoms with van der Waals surface area (Å²) in [7, 11) is 3.25. The van der Waals surface area contributed by atoms with Gasteiger partial charge in [0.1, 0.15) is 5.54 Å². The van der Waals surface area contributed by atoms with Gasteiger partial charge in [-0.1, -0.05) is 17.7 Å². The first kappa shape index (κ1) is 20.2. The van der Waals surface area contributed by atoms with Gasteiger partial charge in [-0.15, -0.1) is 0 Å². The number of nitrogens with one attached hydrogen (secondary N) is 1. The molecule has 8 heteroatoms. The maximum atomic E-state index is 13.6. The number of fused-ring (bicyclic) bond motifs is 3. The molecule has 0 saturated carbocycles. The van der Waals surface area contributed by atoms with E-state index in [1.54, 1.807) is 38.5 Å². The van der Waals surface area contributed by atoms with Gasteiger partial charge in [-0.3, -0.25) is 9.69 Å². The minimum Gasteiger partial charge on any atom is -0.493 e. The fraction of sp³-hybridized carbons (Fsp3) is 0.391. The van der Waals surface area contributed by atoms with Crippen molar-refractivity contribution in [3.8, 4) is 11.5 Å². The Morgan fingerprint density at radius 2 is 1.87 bits per heavy atom. The van der Waals surface area contributed by atoms with E-state index < -0.39 is 11.6 Å². The number of carbonyl (C=O) groups is 2. The molecule has 2 aromatic carbocycles. The number of ether oxygens (including phenoxy) is 2. The summed E-state index contributed by atoms with van der Waals surface area (Å²) in [5.41, 5.74) is 1.89. The van der Waals surface area contributed by atoms with Gasteiger partial charge in [0.05, 0.1) is 19.9 Å². The summed E-state index contributed by atoms with van der Waals surface area (Å²) < 4.78 is 11.0. The van der Waals surface area contributed by atoms with Crippen molar-refractivity contribution < 1.29 is 19.1 Å². The Balaban J connectivity index is 1.50. The largest absolute Gasteiger partial charge is 0.493 e. The number of urea groups is 1. The number of rotatable bonds is 3. The molecular formula is C23H24ClN3O4. The van der Waals surface area contributed by atoms with Gasteiger partial charge in [-0.2, -0.15) is 0 Å². The lowest BCUT2D eigenvalue weighted by atomic mass is 9.77. The first-order valence-corrected chi connectivity index (χ1v) is 10.7. The van der Waals surface area contributed by atoms with Gasteiger partial charge >= 0.3 is 6.03 Å². The molecule has 2 aromatic rings. The van der Waals surface area contributed by atoms with Crippen molar-refractivity contribution in [1.29, 1.82) is 0 Å². The molecular weight excluding hydrogens is 418 g/mol. The SMILES string of the molecule is COc1cc2c(cc1OC)[C@H]1C[C@]3(CCN1CC2)NC(=O)N(c1cccc(Cl)c1)C3=O. The molecule has 2 fully saturated rings. The highest BCUT2D eigenvalue weighted by molar-refractivity contribution is 6.31. The number of benzene rings is 2. The Kier molecular flexibility index (Phi) is 4.83. The van der Waals surface area contributed by atoms with Crippen LogP contribution < -0.4 is 19.7 Å². The van der Waals surface area contributed by atoms with Crippen molar-refractivity contribution in [2.45, 2.75) is 30.8 Å². The van der Waals surface area contributed by atoms with E-state index in [0.29, 0.717) is 35.1 Å². The first-order valence-electron chi connectivity index (χ1n) is 10.4. The molecule has 0 unspecified atom stereocenters. The van der Waals surface area contributed by atoms with Crippen LogP contribution in [-0.2, 0) is 11.2 Å². The lowest BCUT2D eigenvalue weighted by Gasteiger charge is -2.46. The van der Waals surface area contributed by atoms with Crippen molar-refractivity contribution in [1.82, 2.24) is 10.2 Å². The summed E-state index contributed by atoms with van der Waals surface area (Å²) in [4.78, 5) is 30.0. The molecule has 0 bridgehead atoms. The highest BCUT2D eigenvalue weighted by Gasteiger charge is 2.55. The number of imide groups is 1.